The molecule has 0 saturated heterocycles. The molecule has 0 aromatic heterocycles. The molecule has 7 N–H and O–H groups in total. The maximum Gasteiger partial charge on any atom is 0.322 e. The van der Waals surface area contributed by atoms with Gasteiger partial charge in [0.05, 0.1) is 6.10 Å². The largest absolute Gasteiger partial charge is 0.480 e. The number of amides is 2. The van der Waals surface area contributed by atoms with Crippen molar-refractivity contribution in [1.29, 1.82) is 0 Å². The zero-order valence-electron chi connectivity index (χ0n) is 13.6. The summed E-state index contributed by atoms with van der Waals surface area (Å²) in [5.41, 5.74) is 5.29. The molecule has 0 bridgehead atoms. The lowest BCUT2D eigenvalue weighted by molar-refractivity contribution is -0.139. The van der Waals surface area contributed by atoms with Crippen LogP contribution < -0.4 is 16.4 Å². The van der Waals surface area contributed by atoms with E-state index in [9.17, 15) is 24.3 Å². The van der Waals surface area contributed by atoms with Crippen LogP contribution in [0.25, 0.3) is 0 Å². The van der Waals surface area contributed by atoms with Crippen LogP contribution in [0.3, 0.4) is 0 Å². The first-order valence-corrected chi connectivity index (χ1v) is 8.32. The molecule has 0 aromatic carbocycles. The van der Waals surface area contributed by atoms with E-state index in [1.54, 1.807) is 6.92 Å². The molecule has 12 heteroatoms. The average molecular weight is 402 g/mol. The van der Waals surface area contributed by atoms with Crippen LogP contribution in [0.15, 0.2) is 0 Å². The molecule has 1 unspecified atom stereocenters. The second-order valence-corrected chi connectivity index (χ2v) is 6.18. The van der Waals surface area contributed by atoms with Crippen molar-refractivity contribution in [2.24, 2.45) is 5.73 Å². The molecule has 0 radical (unpaired) electrons. The lowest BCUT2D eigenvalue weighted by Crippen LogP contribution is -2.49. The maximum atomic E-state index is 11.9. The van der Waals surface area contributed by atoms with Crippen molar-refractivity contribution >= 4 is 47.9 Å². The van der Waals surface area contributed by atoms with Crippen molar-refractivity contribution in [3.05, 3.63) is 0 Å². The molecule has 0 spiro atoms. The highest BCUT2D eigenvalue weighted by molar-refractivity contribution is 7.99. The summed E-state index contributed by atoms with van der Waals surface area (Å²) < 4.78 is 0. The second-order valence-electron chi connectivity index (χ2n) is 5.10. The number of hydrogen-bond donors (Lipinski definition) is 6. The van der Waals surface area contributed by atoms with E-state index in [0.29, 0.717) is 5.75 Å². The minimum Gasteiger partial charge on any atom is -0.480 e. The minimum atomic E-state index is -1.23. The monoisotopic (exact) mass is 401 g/mol. The predicted octanol–water partition coefficient (Wildman–Crippen LogP) is -1.60. The number of carbonyl (C=O) groups excluding carboxylic acids is 2. The number of halogens is 1. The quantitative estimate of drug-likeness (QED) is 0.224. The van der Waals surface area contributed by atoms with Gasteiger partial charge in [-0.15, -0.1) is 12.4 Å². The lowest BCUT2D eigenvalue weighted by atomic mass is 10.1. The van der Waals surface area contributed by atoms with Crippen molar-refractivity contribution in [3.8, 4) is 0 Å². The number of carboxylic acids is 2. The van der Waals surface area contributed by atoms with Gasteiger partial charge in [-0.05, 0) is 13.3 Å². The molecule has 2 amide bonds. The van der Waals surface area contributed by atoms with Crippen molar-refractivity contribution < 1.29 is 34.5 Å². The second kappa shape index (κ2) is 13.7. The summed E-state index contributed by atoms with van der Waals surface area (Å²) in [5.74, 6) is -3.23. The highest BCUT2D eigenvalue weighted by Gasteiger charge is 2.22. The Morgan fingerprint density at radius 3 is 2.24 bits per heavy atom. The zero-order valence-corrected chi connectivity index (χ0v) is 15.3. The van der Waals surface area contributed by atoms with Crippen LogP contribution in [-0.2, 0) is 19.2 Å². The van der Waals surface area contributed by atoms with Crippen LogP contribution >= 0.6 is 24.2 Å². The average Bonchev–Trinajstić information content (AvgIpc) is 2.48. The number of thioether (sulfide) groups is 1. The van der Waals surface area contributed by atoms with Crippen molar-refractivity contribution in [2.45, 2.75) is 38.0 Å². The Morgan fingerprint density at radius 2 is 1.76 bits per heavy atom. The summed E-state index contributed by atoms with van der Waals surface area (Å²) in [6, 6.07) is -2.18. The van der Waals surface area contributed by atoms with Crippen LogP contribution in [0, 0.1) is 0 Å². The van der Waals surface area contributed by atoms with E-state index >= 15 is 0 Å². The van der Waals surface area contributed by atoms with E-state index < -0.39 is 48.5 Å². The van der Waals surface area contributed by atoms with Crippen LogP contribution in [0.5, 0.6) is 0 Å². The van der Waals surface area contributed by atoms with E-state index in [1.165, 1.54) is 11.8 Å². The third kappa shape index (κ3) is 13.4. The molecule has 0 aliphatic rings. The SMILES string of the molecule is CC(O)CSC[C@H](NC(=O)CC[C@H](N)C(=O)O)C(=O)NCC(=O)O.Cl. The predicted molar refractivity (Wildman–Crippen MR) is 93.7 cm³/mol. The van der Waals surface area contributed by atoms with Gasteiger partial charge in [0.25, 0.3) is 0 Å². The van der Waals surface area contributed by atoms with Crippen LogP contribution in [0.2, 0.25) is 0 Å². The molecular weight excluding hydrogens is 378 g/mol. The third-order valence-electron chi connectivity index (χ3n) is 2.71. The molecule has 0 fully saturated rings. The molecule has 0 rings (SSSR count). The van der Waals surface area contributed by atoms with Gasteiger partial charge in [0.2, 0.25) is 11.8 Å². The summed E-state index contributed by atoms with van der Waals surface area (Å²) in [6.07, 6.45) is -0.870. The number of carboxylic acid groups (broad SMARTS) is 2. The molecular formula is C13H24ClN3O7S. The highest BCUT2D eigenvalue weighted by Crippen LogP contribution is 2.06. The number of rotatable bonds is 12. The van der Waals surface area contributed by atoms with Crippen LogP contribution in [-0.4, -0.2) is 75.3 Å². The number of carbonyl (C=O) groups is 4. The fourth-order valence-electron chi connectivity index (χ4n) is 1.50. The Kier molecular flexibility index (Phi) is 14.1. The smallest absolute Gasteiger partial charge is 0.322 e. The first kappa shape index (κ1) is 25.7. The van der Waals surface area contributed by atoms with Crippen molar-refractivity contribution in [2.75, 3.05) is 18.1 Å². The van der Waals surface area contributed by atoms with Gasteiger partial charge in [-0.1, -0.05) is 0 Å². The van der Waals surface area contributed by atoms with E-state index in [-0.39, 0.29) is 31.0 Å². The first-order valence-electron chi connectivity index (χ1n) is 7.16. The Bertz CT molecular complexity index is 465. The first-order chi connectivity index (χ1) is 11.1. The zero-order chi connectivity index (χ0) is 18.7. The molecule has 0 saturated carbocycles. The molecule has 0 aromatic rings. The summed E-state index contributed by atoms with van der Waals surface area (Å²) in [4.78, 5) is 44.8. The highest BCUT2D eigenvalue weighted by atomic mass is 35.5. The normalized spacial score (nSPS) is 13.7. The maximum absolute atomic E-state index is 11.9. The standard InChI is InChI=1S/C13H23N3O7S.ClH/c1-7(17)5-24-6-9(12(21)15-4-11(19)20)16-10(18)3-2-8(14)13(22)23;/h7-9,17H,2-6,14H2,1H3,(H,15,21)(H,16,18)(H,19,20)(H,22,23);1H/t7?,8-,9-;/m0./s1. The van der Waals surface area contributed by atoms with Crippen LogP contribution in [0.1, 0.15) is 19.8 Å². The Morgan fingerprint density at radius 1 is 1.16 bits per heavy atom. The van der Waals surface area contributed by atoms with Gasteiger partial charge < -0.3 is 31.7 Å². The summed E-state index contributed by atoms with van der Waals surface area (Å²) in [6.45, 7) is 0.981. The number of aliphatic hydroxyl groups excluding tert-OH is 1. The molecule has 0 heterocycles. The fraction of sp³-hybridized carbons (Fsp3) is 0.692. The number of aliphatic hydroxyl groups is 1. The summed E-state index contributed by atoms with van der Waals surface area (Å²) in [7, 11) is 0. The van der Waals surface area contributed by atoms with Crippen LogP contribution in [0.4, 0.5) is 0 Å². The van der Waals surface area contributed by atoms with Crippen molar-refractivity contribution in [1.82, 2.24) is 10.6 Å². The number of nitrogens with two attached hydrogens (primary N) is 1. The summed E-state index contributed by atoms with van der Waals surface area (Å²) in [5, 5.41) is 31.0. The van der Waals surface area contributed by atoms with Gasteiger partial charge in [0.15, 0.2) is 0 Å². The lowest BCUT2D eigenvalue weighted by Gasteiger charge is -2.18. The molecule has 3 atom stereocenters. The molecule has 10 nitrogen and oxygen atoms in total. The van der Waals surface area contributed by atoms with Gasteiger partial charge in [-0.25, -0.2) is 0 Å². The van der Waals surface area contributed by atoms with Gasteiger partial charge >= 0.3 is 11.9 Å². The van der Waals surface area contributed by atoms with E-state index in [0.717, 1.165) is 0 Å². The van der Waals surface area contributed by atoms with E-state index in [1.807, 2.05) is 0 Å². The summed E-state index contributed by atoms with van der Waals surface area (Å²) >= 11 is 1.21. The number of aliphatic carboxylic acids is 2. The molecule has 0 aliphatic heterocycles. The van der Waals surface area contributed by atoms with E-state index in [2.05, 4.69) is 10.6 Å². The van der Waals surface area contributed by atoms with Gasteiger partial charge in [-0.3, -0.25) is 19.2 Å². The van der Waals surface area contributed by atoms with Crippen molar-refractivity contribution in [3.63, 3.8) is 0 Å². The Balaban J connectivity index is 0. The van der Waals surface area contributed by atoms with Gasteiger partial charge in [0.1, 0.15) is 18.6 Å². The minimum absolute atomic E-state index is 0. The molecule has 25 heavy (non-hydrogen) atoms. The van der Waals surface area contributed by atoms with E-state index in [4.69, 9.17) is 15.9 Å². The molecule has 0 aliphatic carbocycles. The van der Waals surface area contributed by atoms with Gasteiger partial charge in [-0.2, -0.15) is 11.8 Å². The number of hydrogen-bond acceptors (Lipinski definition) is 7. The topological polar surface area (TPSA) is 179 Å². The molecule has 146 valence electrons. The third-order valence-corrected chi connectivity index (χ3v) is 4.00. The fourth-order valence-corrected chi connectivity index (χ4v) is 2.45. The Hall–Kier alpha value is -1.56. The van der Waals surface area contributed by atoms with Gasteiger partial charge in [0, 0.05) is 17.9 Å². The number of nitrogens with one attached hydrogen (secondary N) is 2. The Labute approximate surface area is 155 Å².